The normalized spacial score (nSPS) is 14.2. The minimum absolute atomic E-state index is 0.0494. The highest BCUT2D eigenvalue weighted by molar-refractivity contribution is 7.12. The Bertz CT molecular complexity index is 654. The van der Waals surface area contributed by atoms with Crippen molar-refractivity contribution in [1.29, 1.82) is 0 Å². The number of hydrogen-bond donors (Lipinski definition) is 1. The van der Waals surface area contributed by atoms with E-state index in [1.54, 1.807) is 11.3 Å². The maximum atomic E-state index is 13.6. The average molecular weight is 346 g/mol. The Morgan fingerprint density at radius 1 is 1.00 bits per heavy atom. The second kappa shape index (κ2) is 6.66. The molecular weight excluding hydrogens is 328 g/mol. The summed E-state index contributed by atoms with van der Waals surface area (Å²) in [6.07, 6.45) is 0. The Hall–Kier alpha value is -0.610. The van der Waals surface area contributed by atoms with Crippen LogP contribution in [0.4, 0.5) is 4.39 Å². The molecule has 114 valence electrons. The molecule has 0 aliphatic carbocycles. The summed E-state index contributed by atoms with van der Waals surface area (Å²) in [6, 6.07) is 5.14. The summed E-state index contributed by atoms with van der Waals surface area (Å²) >= 11 is 13.7. The van der Waals surface area contributed by atoms with Gasteiger partial charge in [0.1, 0.15) is 5.82 Å². The third-order valence-corrected chi connectivity index (χ3v) is 5.15. The van der Waals surface area contributed by atoms with Crippen molar-refractivity contribution in [3.8, 4) is 0 Å². The lowest BCUT2D eigenvalue weighted by molar-refractivity contribution is 0.491. The van der Waals surface area contributed by atoms with Gasteiger partial charge in [-0.05, 0) is 57.0 Å². The zero-order valence-corrected chi connectivity index (χ0v) is 14.8. The highest BCUT2D eigenvalue weighted by Gasteiger charge is 2.18. The molecule has 0 aliphatic rings. The first-order valence-electron chi connectivity index (χ1n) is 6.77. The molecule has 1 N–H and O–H groups in total. The van der Waals surface area contributed by atoms with Gasteiger partial charge in [0.25, 0.3) is 0 Å². The molecule has 2 atom stereocenters. The quantitative estimate of drug-likeness (QED) is 0.648. The first-order valence-corrected chi connectivity index (χ1v) is 8.34. The van der Waals surface area contributed by atoms with Crippen LogP contribution in [0.15, 0.2) is 18.2 Å². The van der Waals surface area contributed by atoms with Crippen LogP contribution in [0.2, 0.25) is 10.0 Å². The summed E-state index contributed by atoms with van der Waals surface area (Å²) in [6.45, 7) is 8.29. The van der Waals surface area contributed by atoms with Crippen molar-refractivity contribution in [1.82, 2.24) is 5.32 Å². The number of rotatable bonds is 4. The van der Waals surface area contributed by atoms with Crippen LogP contribution in [0.3, 0.4) is 0 Å². The summed E-state index contributed by atoms with van der Waals surface area (Å²) in [5, 5.41) is 3.99. The van der Waals surface area contributed by atoms with E-state index in [0.29, 0.717) is 5.02 Å². The Kier molecular flexibility index (Phi) is 5.31. The minimum atomic E-state index is -0.445. The monoisotopic (exact) mass is 345 g/mol. The van der Waals surface area contributed by atoms with Gasteiger partial charge in [-0.15, -0.1) is 11.3 Å². The van der Waals surface area contributed by atoms with Crippen molar-refractivity contribution in [3.63, 3.8) is 0 Å². The van der Waals surface area contributed by atoms with Gasteiger partial charge >= 0.3 is 0 Å². The lowest BCUT2D eigenvalue weighted by Gasteiger charge is -2.21. The zero-order chi connectivity index (χ0) is 15.7. The minimum Gasteiger partial charge on any atom is -0.304 e. The van der Waals surface area contributed by atoms with Gasteiger partial charge in [-0.25, -0.2) is 4.39 Å². The van der Waals surface area contributed by atoms with E-state index in [9.17, 15) is 4.39 Å². The van der Waals surface area contributed by atoms with Crippen molar-refractivity contribution in [2.24, 2.45) is 0 Å². The van der Waals surface area contributed by atoms with Gasteiger partial charge in [-0.2, -0.15) is 0 Å². The smallest absolute Gasteiger partial charge is 0.142 e. The predicted octanol–water partition coefficient (Wildman–Crippen LogP) is 6.22. The number of benzene rings is 1. The summed E-state index contributed by atoms with van der Waals surface area (Å²) < 4.78 is 13.6. The van der Waals surface area contributed by atoms with Gasteiger partial charge in [0.05, 0.1) is 5.02 Å². The van der Waals surface area contributed by atoms with E-state index in [4.69, 9.17) is 23.2 Å². The third kappa shape index (κ3) is 3.78. The fraction of sp³-hybridized carbons (Fsp3) is 0.375. The highest BCUT2D eigenvalue weighted by Crippen LogP contribution is 2.32. The van der Waals surface area contributed by atoms with Crippen LogP contribution in [0, 0.1) is 19.7 Å². The Morgan fingerprint density at radius 3 is 2.19 bits per heavy atom. The van der Waals surface area contributed by atoms with Crippen molar-refractivity contribution < 1.29 is 4.39 Å². The van der Waals surface area contributed by atoms with Crippen LogP contribution in [-0.2, 0) is 0 Å². The molecule has 2 rings (SSSR count). The first-order chi connectivity index (χ1) is 9.79. The molecule has 0 amide bonds. The van der Waals surface area contributed by atoms with Crippen LogP contribution in [0.25, 0.3) is 0 Å². The van der Waals surface area contributed by atoms with Crippen LogP contribution in [0.1, 0.15) is 46.8 Å². The van der Waals surface area contributed by atoms with Crippen molar-refractivity contribution in [2.45, 2.75) is 39.8 Å². The molecule has 0 fully saturated rings. The van der Waals surface area contributed by atoms with E-state index in [1.807, 2.05) is 6.92 Å². The van der Waals surface area contributed by atoms with E-state index < -0.39 is 5.82 Å². The molecule has 1 aromatic carbocycles. The van der Waals surface area contributed by atoms with E-state index in [1.165, 1.54) is 27.5 Å². The van der Waals surface area contributed by atoms with Crippen molar-refractivity contribution >= 4 is 34.5 Å². The average Bonchev–Trinajstić information content (AvgIpc) is 2.72. The van der Waals surface area contributed by atoms with Gasteiger partial charge in [-0.1, -0.05) is 23.2 Å². The van der Waals surface area contributed by atoms with Crippen LogP contribution < -0.4 is 5.32 Å². The van der Waals surface area contributed by atoms with E-state index in [-0.39, 0.29) is 17.1 Å². The molecule has 0 spiro atoms. The van der Waals surface area contributed by atoms with Gasteiger partial charge in [0, 0.05) is 26.9 Å². The van der Waals surface area contributed by atoms with E-state index in [2.05, 4.69) is 32.2 Å². The van der Waals surface area contributed by atoms with Gasteiger partial charge in [0.2, 0.25) is 0 Å². The molecule has 21 heavy (non-hydrogen) atoms. The molecule has 0 saturated heterocycles. The predicted molar refractivity (Wildman–Crippen MR) is 90.2 cm³/mol. The lowest BCUT2D eigenvalue weighted by atomic mass is 10.0. The molecule has 1 aromatic heterocycles. The Labute approximate surface area is 139 Å². The van der Waals surface area contributed by atoms with E-state index in [0.717, 1.165) is 5.56 Å². The van der Waals surface area contributed by atoms with Gasteiger partial charge in [0.15, 0.2) is 0 Å². The maximum Gasteiger partial charge on any atom is 0.142 e. The first kappa shape index (κ1) is 16.8. The number of hydrogen-bond acceptors (Lipinski definition) is 2. The highest BCUT2D eigenvalue weighted by atomic mass is 35.5. The number of halogens is 3. The van der Waals surface area contributed by atoms with E-state index >= 15 is 0 Å². The zero-order valence-electron chi connectivity index (χ0n) is 12.4. The standard InChI is InChI=1S/C16H18Cl2FNS/c1-8-5-12(11(4)21-8)9(2)20-10(3)13-6-16(19)15(18)7-14(13)17/h5-7,9-10,20H,1-4H3. The SMILES string of the molecule is Cc1cc(C(C)NC(C)c2cc(F)c(Cl)cc2Cl)c(C)s1. The van der Waals surface area contributed by atoms with Crippen LogP contribution >= 0.6 is 34.5 Å². The molecule has 0 radical (unpaired) electrons. The molecule has 0 saturated carbocycles. The number of aryl methyl sites for hydroxylation is 2. The molecule has 2 unspecified atom stereocenters. The molecule has 0 aliphatic heterocycles. The third-order valence-electron chi connectivity index (χ3n) is 3.55. The number of nitrogens with one attached hydrogen (secondary N) is 1. The molecular formula is C16H18Cl2FNS. The molecule has 1 nitrogen and oxygen atoms in total. The Morgan fingerprint density at radius 2 is 1.62 bits per heavy atom. The fourth-order valence-corrected chi connectivity index (χ4v) is 4.07. The second-order valence-corrected chi connectivity index (χ2v) is 7.54. The van der Waals surface area contributed by atoms with Crippen LogP contribution in [-0.4, -0.2) is 0 Å². The molecule has 5 heteroatoms. The summed E-state index contributed by atoms with van der Waals surface area (Å²) in [5.74, 6) is -0.445. The second-order valence-electron chi connectivity index (χ2n) is 5.27. The molecule has 0 bridgehead atoms. The van der Waals surface area contributed by atoms with Crippen molar-refractivity contribution in [3.05, 3.63) is 54.9 Å². The van der Waals surface area contributed by atoms with Crippen molar-refractivity contribution in [2.75, 3.05) is 0 Å². The lowest BCUT2D eigenvalue weighted by Crippen LogP contribution is -2.23. The van der Waals surface area contributed by atoms with Gasteiger partial charge in [-0.3, -0.25) is 0 Å². The summed E-state index contributed by atoms with van der Waals surface area (Å²) in [4.78, 5) is 2.59. The van der Waals surface area contributed by atoms with Crippen LogP contribution in [0.5, 0.6) is 0 Å². The summed E-state index contributed by atoms with van der Waals surface area (Å²) in [5.41, 5.74) is 1.99. The summed E-state index contributed by atoms with van der Waals surface area (Å²) in [7, 11) is 0. The molecule has 2 aromatic rings. The molecule has 1 heterocycles. The fourth-order valence-electron chi connectivity index (χ4n) is 2.50. The topological polar surface area (TPSA) is 12.0 Å². The maximum absolute atomic E-state index is 13.6. The number of thiophene rings is 1. The Balaban J connectivity index is 2.20. The largest absolute Gasteiger partial charge is 0.304 e. The van der Waals surface area contributed by atoms with Gasteiger partial charge < -0.3 is 5.32 Å².